The maximum Gasteiger partial charge on any atom is 0.338 e. The summed E-state index contributed by atoms with van der Waals surface area (Å²) in [5.74, 6) is -1.19. The number of nitrogens with zero attached hydrogens (tertiary/aromatic N) is 2. The van der Waals surface area contributed by atoms with Gasteiger partial charge in [0.1, 0.15) is 6.04 Å². The first-order valence-corrected chi connectivity index (χ1v) is 11.3. The zero-order valence-corrected chi connectivity index (χ0v) is 18.5. The number of benzene rings is 2. The van der Waals surface area contributed by atoms with Gasteiger partial charge in [-0.15, -0.1) is 0 Å². The summed E-state index contributed by atoms with van der Waals surface area (Å²) in [6.07, 6.45) is 3.52. The maximum atomic E-state index is 13.3. The van der Waals surface area contributed by atoms with Gasteiger partial charge in [0, 0.05) is 11.7 Å². The molecule has 8 heteroatoms. The van der Waals surface area contributed by atoms with Crippen molar-refractivity contribution in [2.24, 2.45) is 0 Å². The summed E-state index contributed by atoms with van der Waals surface area (Å²) in [4.78, 5) is 54.0. The van der Waals surface area contributed by atoms with E-state index >= 15 is 0 Å². The Kier molecular flexibility index (Phi) is 6.72. The molecule has 1 N–H and O–H groups in total. The highest BCUT2D eigenvalue weighted by molar-refractivity contribution is 6.22. The minimum absolute atomic E-state index is 0.0446. The molecule has 4 amide bonds. The topological polar surface area (TPSA) is 96.0 Å². The fraction of sp³-hybridized carbons (Fsp3) is 0.360. The highest BCUT2D eigenvalue weighted by atomic mass is 16.5. The number of nitrogens with one attached hydrogen (secondary N) is 1. The van der Waals surface area contributed by atoms with E-state index in [4.69, 9.17) is 4.74 Å². The molecule has 2 aliphatic rings. The fourth-order valence-corrected chi connectivity index (χ4v) is 4.50. The Bertz CT molecular complexity index is 1030. The van der Waals surface area contributed by atoms with Crippen molar-refractivity contribution in [3.63, 3.8) is 0 Å². The Balaban J connectivity index is 1.49. The van der Waals surface area contributed by atoms with Crippen LogP contribution in [-0.2, 0) is 14.3 Å². The van der Waals surface area contributed by atoms with E-state index < -0.39 is 12.0 Å². The fourth-order valence-electron chi connectivity index (χ4n) is 4.50. The molecule has 1 aliphatic heterocycles. The van der Waals surface area contributed by atoms with E-state index in [2.05, 4.69) is 5.32 Å². The lowest BCUT2D eigenvalue weighted by molar-refractivity contribution is -0.124. The molecule has 2 fully saturated rings. The van der Waals surface area contributed by atoms with Crippen LogP contribution in [0.25, 0.3) is 0 Å². The first-order chi connectivity index (χ1) is 16.0. The van der Waals surface area contributed by atoms with Crippen LogP contribution in [0.1, 0.15) is 49.4 Å². The third kappa shape index (κ3) is 4.74. The zero-order valence-electron chi connectivity index (χ0n) is 18.5. The van der Waals surface area contributed by atoms with Crippen LogP contribution in [0.3, 0.4) is 0 Å². The van der Waals surface area contributed by atoms with Crippen LogP contribution in [0.5, 0.6) is 0 Å². The number of hydrogen-bond acceptors (Lipinski definition) is 5. The normalized spacial score (nSPS) is 18.6. The van der Waals surface area contributed by atoms with Crippen LogP contribution in [0.2, 0.25) is 0 Å². The lowest BCUT2D eigenvalue weighted by atomic mass is 10.1. The molecule has 33 heavy (non-hydrogen) atoms. The highest BCUT2D eigenvalue weighted by Gasteiger charge is 2.49. The van der Waals surface area contributed by atoms with Crippen LogP contribution >= 0.6 is 0 Å². The Morgan fingerprint density at radius 1 is 1.00 bits per heavy atom. The minimum atomic E-state index is -0.848. The average Bonchev–Trinajstić information content (AvgIpc) is 3.41. The number of imide groups is 1. The summed E-state index contributed by atoms with van der Waals surface area (Å²) >= 11 is 0. The summed E-state index contributed by atoms with van der Waals surface area (Å²) in [6.45, 7) is 2.01. The number of ether oxygens (including phenoxy) is 1. The van der Waals surface area contributed by atoms with Crippen LogP contribution in [0, 0.1) is 0 Å². The molecule has 0 radical (unpaired) electrons. The molecule has 0 aromatic heterocycles. The SMILES string of the molecule is CCOC(=O)c1ccc(NC(=O)CC2C(=O)N(c3ccccc3)C(=O)N2C2CCCC2)cc1. The molecule has 8 nitrogen and oxygen atoms in total. The van der Waals surface area contributed by atoms with Gasteiger partial charge in [-0.05, 0) is 56.2 Å². The molecule has 1 aliphatic carbocycles. The number of para-hydroxylation sites is 1. The predicted octanol–water partition coefficient (Wildman–Crippen LogP) is 3.97. The van der Waals surface area contributed by atoms with E-state index in [1.54, 1.807) is 60.4 Å². The zero-order chi connectivity index (χ0) is 23.4. The molecular formula is C25H27N3O5. The van der Waals surface area contributed by atoms with Gasteiger partial charge in [0.15, 0.2) is 0 Å². The van der Waals surface area contributed by atoms with Gasteiger partial charge in [0.2, 0.25) is 5.91 Å². The molecule has 1 saturated heterocycles. The number of esters is 1. The number of hydrogen-bond donors (Lipinski definition) is 1. The standard InChI is InChI=1S/C25H27N3O5/c1-2-33-24(31)17-12-14-18(15-13-17)26-22(29)16-21-23(30)28(20-8-4-3-5-9-20)25(32)27(21)19-10-6-7-11-19/h3-5,8-9,12-15,19,21H,2,6-7,10-11,16H2,1H3,(H,26,29). The van der Waals surface area contributed by atoms with Crippen molar-refractivity contribution in [3.05, 3.63) is 60.2 Å². The van der Waals surface area contributed by atoms with Gasteiger partial charge in [0.25, 0.3) is 5.91 Å². The van der Waals surface area contributed by atoms with Gasteiger partial charge in [-0.2, -0.15) is 0 Å². The molecule has 0 spiro atoms. The molecule has 1 saturated carbocycles. The van der Waals surface area contributed by atoms with Crippen molar-refractivity contribution in [2.75, 3.05) is 16.8 Å². The highest BCUT2D eigenvalue weighted by Crippen LogP contribution is 2.34. The van der Waals surface area contributed by atoms with E-state index in [0.717, 1.165) is 25.7 Å². The molecular weight excluding hydrogens is 422 g/mol. The molecule has 2 aromatic rings. The van der Waals surface area contributed by atoms with Gasteiger partial charge in [-0.3, -0.25) is 9.59 Å². The average molecular weight is 450 g/mol. The quantitative estimate of drug-likeness (QED) is 0.510. The summed E-state index contributed by atoms with van der Waals surface area (Å²) in [7, 11) is 0. The first-order valence-electron chi connectivity index (χ1n) is 11.3. The summed E-state index contributed by atoms with van der Waals surface area (Å²) < 4.78 is 4.96. The van der Waals surface area contributed by atoms with E-state index in [1.807, 2.05) is 6.07 Å². The number of anilines is 2. The molecule has 2 aromatic carbocycles. The van der Waals surface area contributed by atoms with E-state index in [9.17, 15) is 19.2 Å². The predicted molar refractivity (Wildman–Crippen MR) is 123 cm³/mol. The largest absolute Gasteiger partial charge is 0.462 e. The summed E-state index contributed by atoms with van der Waals surface area (Å²) in [6, 6.07) is 13.9. The lowest BCUT2D eigenvalue weighted by Gasteiger charge is -2.27. The number of urea groups is 1. The minimum Gasteiger partial charge on any atom is -0.462 e. The van der Waals surface area contributed by atoms with Crippen molar-refractivity contribution in [1.82, 2.24) is 4.90 Å². The van der Waals surface area contributed by atoms with Crippen molar-refractivity contribution < 1.29 is 23.9 Å². The van der Waals surface area contributed by atoms with E-state index in [1.165, 1.54) is 4.90 Å². The van der Waals surface area contributed by atoms with Gasteiger partial charge in [-0.25, -0.2) is 14.5 Å². The molecule has 1 atom stereocenters. The maximum absolute atomic E-state index is 13.3. The van der Waals surface area contributed by atoms with Crippen LogP contribution in [0.4, 0.5) is 16.2 Å². The smallest absolute Gasteiger partial charge is 0.338 e. The number of carbonyl (C=O) groups excluding carboxylic acids is 4. The third-order valence-electron chi connectivity index (χ3n) is 6.04. The van der Waals surface area contributed by atoms with E-state index in [0.29, 0.717) is 16.9 Å². The summed E-state index contributed by atoms with van der Waals surface area (Å²) in [5.41, 5.74) is 1.39. The second-order valence-electron chi connectivity index (χ2n) is 8.20. The van der Waals surface area contributed by atoms with Gasteiger partial charge in [0.05, 0.1) is 24.3 Å². The van der Waals surface area contributed by atoms with Crippen molar-refractivity contribution in [2.45, 2.75) is 51.1 Å². The lowest BCUT2D eigenvalue weighted by Crippen LogP contribution is -2.43. The number of carbonyl (C=O) groups is 4. The Morgan fingerprint density at radius 3 is 2.30 bits per heavy atom. The monoisotopic (exact) mass is 449 g/mol. The number of amides is 4. The second-order valence-corrected chi connectivity index (χ2v) is 8.20. The van der Waals surface area contributed by atoms with E-state index in [-0.39, 0.29) is 36.9 Å². The van der Waals surface area contributed by atoms with Crippen molar-refractivity contribution >= 4 is 35.2 Å². The van der Waals surface area contributed by atoms with Gasteiger partial charge in [-0.1, -0.05) is 31.0 Å². The van der Waals surface area contributed by atoms with Crippen LogP contribution < -0.4 is 10.2 Å². The van der Waals surface area contributed by atoms with Gasteiger partial charge >= 0.3 is 12.0 Å². The van der Waals surface area contributed by atoms with Crippen LogP contribution in [0.15, 0.2) is 54.6 Å². The molecule has 1 unspecified atom stereocenters. The summed E-state index contributed by atoms with van der Waals surface area (Å²) in [5, 5.41) is 2.77. The molecule has 4 rings (SSSR count). The van der Waals surface area contributed by atoms with Crippen molar-refractivity contribution in [3.8, 4) is 0 Å². The van der Waals surface area contributed by atoms with Crippen molar-refractivity contribution in [1.29, 1.82) is 0 Å². The first kappa shape index (κ1) is 22.5. The Morgan fingerprint density at radius 2 is 1.67 bits per heavy atom. The third-order valence-corrected chi connectivity index (χ3v) is 6.04. The Labute approximate surface area is 192 Å². The van der Waals surface area contributed by atoms with Gasteiger partial charge < -0.3 is 15.0 Å². The second kappa shape index (κ2) is 9.85. The van der Waals surface area contributed by atoms with Crippen LogP contribution in [-0.4, -0.2) is 47.4 Å². The molecule has 0 bridgehead atoms. The molecule has 172 valence electrons. The Hall–Kier alpha value is -3.68. The number of rotatable bonds is 7. The molecule has 1 heterocycles.